The summed E-state index contributed by atoms with van der Waals surface area (Å²) in [5, 5.41) is 0. The molecule has 0 aliphatic rings. The Morgan fingerprint density at radius 2 is 2.09 bits per heavy atom. The summed E-state index contributed by atoms with van der Waals surface area (Å²) in [7, 11) is -3.92. The number of carbonyl (C=O) groups excluding carboxylic acids is 1. The van der Waals surface area contributed by atoms with E-state index in [1.807, 2.05) is 35.9 Å². The lowest BCUT2D eigenvalue weighted by atomic mass is 10.2. The van der Waals surface area contributed by atoms with Gasteiger partial charge in [0.15, 0.2) is 0 Å². The number of nitrogens with one attached hydrogen (secondary N) is 1. The van der Waals surface area contributed by atoms with Crippen molar-refractivity contribution < 1.29 is 13.2 Å². The van der Waals surface area contributed by atoms with Crippen molar-refractivity contribution >= 4 is 27.7 Å². The fourth-order valence-electron chi connectivity index (χ4n) is 1.74. The van der Waals surface area contributed by atoms with Crippen LogP contribution in [-0.4, -0.2) is 19.3 Å². The van der Waals surface area contributed by atoms with Crippen LogP contribution in [0.3, 0.4) is 0 Å². The summed E-state index contributed by atoms with van der Waals surface area (Å²) in [4.78, 5) is 16.7. The molecule has 2 aromatic rings. The molecule has 1 aromatic heterocycles. The van der Waals surface area contributed by atoms with Gasteiger partial charge in [-0.2, -0.15) is 0 Å². The van der Waals surface area contributed by atoms with Gasteiger partial charge < -0.3 is 0 Å². The fraction of sp³-hybridized carbons (Fsp3) is 0.200. The molecule has 0 fully saturated rings. The minimum Gasteiger partial charge on any atom is -0.274 e. The van der Waals surface area contributed by atoms with Gasteiger partial charge in [-0.05, 0) is 25.1 Å². The zero-order chi connectivity index (χ0) is 16.2. The highest BCUT2D eigenvalue weighted by atomic mass is 32.2. The van der Waals surface area contributed by atoms with Crippen LogP contribution in [0.5, 0.6) is 0 Å². The van der Waals surface area contributed by atoms with Gasteiger partial charge in [-0.1, -0.05) is 36.4 Å². The second-order valence-corrected chi connectivity index (χ2v) is 7.39. The van der Waals surface area contributed by atoms with Crippen molar-refractivity contribution in [3.05, 3.63) is 48.3 Å². The third-order valence-corrected chi connectivity index (χ3v) is 5.42. The molecule has 5 nitrogen and oxygen atoms in total. The van der Waals surface area contributed by atoms with Crippen molar-refractivity contribution in [2.45, 2.75) is 35.0 Å². The van der Waals surface area contributed by atoms with Crippen LogP contribution in [0.15, 0.2) is 57.4 Å². The van der Waals surface area contributed by atoms with Crippen LogP contribution in [0.1, 0.15) is 18.9 Å². The molecule has 1 N–H and O–H groups in total. The molecule has 0 aliphatic heterocycles. The molecule has 1 amide bonds. The van der Waals surface area contributed by atoms with Gasteiger partial charge in [0, 0.05) is 28.6 Å². The van der Waals surface area contributed by atoms with E-state index < -0.39 is 15.9 Å². The summed E-state index contributed by atoms with van der Waals surface area (Å²) in [5.74, 6) is -0.546. The molecular formula is C15H16N2O3S2. The van der Waals surface area contributed by atoms with Crippen LogP contribution >= 0.6 is 11.8 Å². The number of nitrogens with zero attached hydrogens (tertiary/aromatic N) is 1. The van der Waals surface area contributed by atoms with E-state index in [2.05, 4.69) is 4.98 Å². The number of amides is 1. The van der Waals surface area contributed by atoms with E-state index in [9.17, 15) is 13.2 Å². The SMILES string of the molecule is CCC(=O)NS(=O)(=O)c1cnccc1Sc1cccc(C)c1. The predicted octanol–water partition coefficient (Wildman–Crippen LogP) is 2.76. The summed E-state index contributed by atoms with van der Waals surface area (Å²) >= 11 is 1.32. The molecule has 1 aromatic carbocycles. The van der Waals surface area contributed by atoms with Gasteiger partial charge in [0.05, 0.1) is 0 Å². The summed E-state index contributed by atoms with van der Waals surface area (Å²) in [6.45, 7) is 3.56. The Bertz CT molecular complexity index is 789. The first-order chi connectivity index (χ1) is 10.4. The minimum atomic E-state index is -3.92. The Morgan fingerprint density at radius 1 is 1.32 bits per heavy atom. The fourth-order valence-corrected chi connectivity index (χ4v) is 4.20. The smallest absolute Gasteiger partial charge is 0.266 e. The highest BCUT2D eigenvalue weighted by Crippen LogP contribution is 2.32. The lowest BCUT2D eigenvalue weighted by molar-refractivity contribution is -0.119. The number of sulfonamides is 1. The molecule has 0 aliphatic carbocycles. The lowest BCUT2D eigenvalue weighted by Gasteiger charge is -2.10. The molecule has 0 bridgehead atoms. The average Bonchev–Trinajstić information content (AvgIpc) is 2.47. The van der Waals surface area contributed by atoms with E-state index in [1.165, 1.54) is 24.2 Å². The number of hydrogen-bond acceptors (Lipinski definition) is 5. The molecule has 1 heterocycles. The molecule has 7 heteroatoms. The van der Waals surface area contributed by atoms with E-state index in [4.69, 9.17) is 0 Å². The van der Waals surface area contributed by atoms with Crippen molar-refractivity contribution in [3.8, 4) is 0 Å². The second-order valence-electron chi connectivity index (χ2n) is 4.62. The Hall–Kier alpha value is -1.86. The standard InChI is InChI=1S/C15H16N2O3S2/c1-3-15(18)17-22(19,20)14-10-16-8-7-13(14)21-12-6-4-5-11(2)9-12/h4-10H,3H2,1-2H3,(H,17,18). The van der Waals surface area contributed by atoms with Crippen LogP contribution in [0.2, 0.25) is 0 Å². The quantitative estimate of drug-likeness (QED) is 0.908. The summed E-state index contributed by atoms with van der Waals surface area (Å²) in [6, 6.07) is 9.37. The molecule has 0 unspecified atom stereocenters. The van der Waals surface area contributed by atoms with E-state index in [0.29, 0.717) is 4.90 Å². The number of aromatic nitrogens is 1. The Labute approximate surface area is 134 Å². The zero-order valence-electron chi connectivity index (χ0n) is 12.2. The van der Waals surface area contributed by atoms with Crippen LogP contribution in [0.25, 0.3) is 0 Å². The number of aryl methyl sites for hydroxylation is 1. The van der Waals surface area contributed by atoms with Crippen LogP contribution in [0, 0.1) is 6.92 Å². The Kier molecular flexibility index (Phi) is 5.20. The topological polar surface area (TPSA) is 76.1 Å². The Morgan fingerprint density at radius 3 is 2.77 bits per heavy atom. The van der Waals surface area contributed by atoms with E-state index in [1.54, 1.807) is 13.0 Å². The molecule has 116 valence electrons. The first-order valence-corrected chi connectivity index (χ1v) is 8.96. The first kappa shape index (κ1) is 16.5. The largest absolute Gasteiger partial charge is 0.274 e. The molecular weight excluding hydrogens is 320 g/mol. The maximum absolute atomic E-state index is 12.3. The van der Waals surface area contributed by atoms with Gasteiger partial charge in [0.1, 0.15) is 4.90 Å². The number of hydrogen-bond donors (Lipinski definition) is 1. The van der Waals surface area contributed by atoms with Gasteiger partial charge in [-0.15, -0.1) is 0 Å². The van der Waals surface area contributed by atoms with Gasteiger partial charge in [0.2, 0.25) is 5.91 Å². The summed E-state index contributed by atoms with van der Waals surface area (Å²) in [5.41, 5.74) is 1.09. The number of rotatable bonds is 5. The minimum absolute atomic E-state index is 0.00306. The Balaban J connectivity index is 2.36. The predicted molar refractivity (Wildman–Crippen MR) is 85.2 cm³/mol. The van der Waals surface area contributed by atoms with Gasteiger partial charge >= 0.3 is 0 Å². The first-order valence-electron chi connectivity index (χ1n) is 6.66. The summed E-state index contributed by atoms with van der Waals surface area (Å²) < 4.78 is 26.6. The van der Waals surface area contributed by atoms with Crippen molar-refractivity contribution in [1.29, 1.82) is 0 Å². The maximum Gasteiger partial charge on any atom is 0.266 e. The molecule has 0 saturated heterocycles. The van der Waals surface area contributed by atoms with Crippen molar-refractivity contribution in [2.24, 2.45) is 0 Å². The molecule has 0 radical (unpaired) electrons. The van der Waals surface area contributed by atoms with Crippen LogP contribution < -0.4 is 4.72 Å². The highest BCUT2D eigenvalue weighted by molar-refractivity contribution is 8.00. The third kappa shape index (κ3) is 4.08. The van der Waals surface area contributed by atoms with Gasteiger partial charge in [-0.3, -0.25) is 9.78 Å². The molecule has 0 saturated carbocycles. The van der Waals surface area contributed by atoms with Crippen molar-refractivity contribution in [1.82, 2.24) is 9.71 Å². The van der Waals surface area contributed by atoms with Crippen LogP contribution in [-0.2, 0) is 14.8 Å². The second kappa shape index (κ2) is 6.93. The zero-order valence-corrected chi connectivity index (χ0v) is 13.9. The van der Waals surface area contributed by atoms with Gasteiger partial charge in [0.25, 0.3) is 10.0 Å². The van der Waals surface area contributed by atoms with E-state index in [-0.39, 0.29) is 11.3 Å². The number of benzene rings is 1. The van der Waals surface area contributed by atoms with E-state index in [0.717, 1.165) is 10.5 Å². The summed E-state index contributed by atoms with van der Waals surface area (Å²) in [6.07, 6.45) is 2.88. The van der Waals surface area contributed by atoms with Crippen molar-refractivity contribution in [2.75, 3.05) is 0 Å². The highest BCUT2D eigenvalue weighted by Gasteiger charge is 2.21. The maximum atomic E-state index is 12.3. The van der Waals surface area contributed by atoms with E-state index >= 15 is 0 Å². The molecule has 0 spiro atoms. The molecule has 22 heavy (non-hydrogen) atoms. The van der Waals surface area contributed by atoms with Crippen molar-refractivity contribution in [3.63, 3.8) is 0 Å². The molecule has 2 rings (SSSR count). The van der Waals surface area contributed by atoms with Gasteiger partial charge in [-0.25, -0.2) is 13.1 Å². The average molecular weight is 336 g/mol. The lowest BCUT2D eigenvalue weighted by Crippen LogP contribution is -2.30. The monoisotopic (exact) mass is 336 g/mol. The number of carbonyl (C=O) groups is 1. The van der Waals surface area contributed by atoms with Crippen LogP contribution in [0.4, 0.5) is 0 Å². The number of pyridine rings is 1. The molecule has 0 atom stereocenters. The third-order valence-electron chi connectivity index (χ3n) is 2.82. The normalized spacial score (nSPS) is 11.2.